The Morgan fingerprint density at radius 3 is 2.69 bits per heavy atom. The zero-order chi connectivity index (χ0) is 11.8. The van der Waals surface area contributed by atoms with Gasteiger partial charge in [0.05, 0.1) is 11.3 Å². The predicted octanol–water partition coefficient (Wildman–Crippen LogP) is 3.50. The molecule has 0 spiro atoms. The summed E-state index contributed by atoms with van der Waals surface area (Å²) in [7, 11) is 0. The van der Waals surface area contributed by atoms with E-state index in [9.17, 15) is 4.79 Å². The third kappa shape index (κ3) is 2.07. The number of rotatable bonds is 3. The number of anilines is 1. The molecular weight excluding hydrogens is 270 g/mol. The van der Waals surface area contributed by atoms with Gasteiger partial charge in [-0.3, -0.25) is 0 Å². The molecule has 1 aliphatic rings. The van der Waals surface area contributed by atoms with Crippen LogP contribution >= 0.6 is 15.9 Å². The average Bonchev–Trinajstić information content (AvgIpc) is 2.14. The van der Waals surface area contributed by atoms with Gasteiger partial charge in [0.1, 0.15) is 0 Å². The molecule has 16 heavy (non-hydrogen) atoms. The van der Waals surface area contributed by atoms with Gasteiger partial charge in [-0.25, -0.2) is 4.79 Å². The molecule has 0 amide bonds. The second kappa shape index (κ2) is 4.09. The van der Waals surface area contributed by atoms with Crippen LogP contribution in [0.2, 0.25) is 0 Å². The molecule has 0 saturated heterocycles. The summed E-state index contributed by atoms with van der Waals surface area (Å²) < 4.78 is 0.618. The van der Waals surface area contributed by atoms with Crippen molar-refractivity contribution >= 4 is 27.6 Å². The summed E-state index contributed by atoms with van der Waals surface area (Å²) in [4.78, 5) is 11.2. The monoisotopic (exact) mass is 283 g/mol. The van der Waals surface area contributed by atoms with Gasteiger partial charge in [0.15, 0.2) is 0 Å². The quantitative estimate of drug-likeness (QED) is 0.893. The first-order valence-corrected chi connectivity index (χ1v) is 6.11. The summed E-state index contributed by atoms with van der Waals surface area (Å²) in [6, 6.07) is 5.41. The molecule has 0 bridgehead atoms. The van der Waals surface area contributed by atoms with Crippen LogP contribution in [-0.4, -0.2) is 16.6 Å². The molecule has 1 saturated carbocycles. The van der Waals surface area contributed by atoms with Crippen molar-refractivity contribution in [3.05, 3.63) is 28.2 Å². The lowest BCUT2D eigenvalue weighted by atomic mass is 9.78. The molecule has 0 heterocycles. The van der Waals surface area contributed by atoms with Crippen LogP contribution in [0.15, 0.2) is 22.7 Å². The van der Waals surface area contributed by atoms with Crippen molar-refractivity contribution in [1.82, 2.24) is 0 Å². The van der Waals surface area contributed by atoms with E-state index in [4.69, 9.17) is 5.11 Å². The van der Waals surface area contributed by atoms with Gasteiger partial charge in [-0.1, -0.05) is 6.07 Å². The molecule has 0 aromatic heterocycles. The molecule has 0 atom stereocenters. The number of hydrogen-bond acceptors (Lipinski definition) is 2. The SMILES string of the molecule is CC1(Nc2cccc(Br)c2C(=O)O)CCC1. The molecule has 0 unspecified atom stereocenters. The molecule has 1 aromatic carbocycles. The van der Waals surface area contributed by atoms with Crippen molar-refractivity contribution < 1.29 is 9.90 Å². The third-order valence-corrected chi connectivity index (χ3v) is 3.78. The minimum Gasteiger partial charge on any atom is -0.478 e. The van der Waals surface area contributed by atoms with E-state index in [-0.39, 0.29) is 5.54 Å². The molecule has 4 heteroatoms. The number of benzene rings is 1. The smallest absolute Gasteiger partial charge is 0.338 e. The van der Waals surface area contributed by atoms with E-state index in [0.29, 0.717) is 15.7 Å². The van der Waals surface area contributed by atoms with E-state index in [2.05, 4.69) is 28.2 Å². The summed E-state index contributed by atoms with van der Waals surface area (Å²) in [6.07, 6.45) is 3.40. The van der Waals surface area contributed by atoms with Crippen LogP contribution in [0.3, 0.4) is 0 Å². The Hall–Kier alpha value is -1.03. The van der Waals surface area contributed by atoms with E-state index < -0.39 is 5.97 Å². The Labute approximate surface area is 103 Å². The lowest BCUT2D eigenvalue weighted by Crippen LogP contribution is -2.42. The van der Waals surface area contributed by atoms with Gasteiger partial charge in [0.25, 0.3) is 0 Å². The van der Waals surface area contributed by atoms with Gasteiger partial charge in [-0.2, -0.15) is 0 Å². The standard InChI is InChI=1S/C12H14BrNO2/c1-12(6-3-7-12)14-9-5-2-4-8(13)10(9)11(15)16/h2,4-5,14H,3,6-7H2,1H3,(H,15,16). The molecule has 1 fully saturated rings. The number of halogens is 1. The van der Waals surface area contributed by atoms with Crippen LogP contribution in [0.1, 0.15) is 36.5 Å². The maximum Gasteiger partial charge on any atom is 0.338 e. The van der Waals surface area contributed by atoms with Crippen molar-refractivity contribution in [1.29, 1.82) is 0 Å². The highest BCUT2D eigenvalue weighted by Crippen LogP contribution is 2.36. The van der Waals surface area contributed by atoms with Crippen molar-refractivity contribution in [2.75, 3.05) is 5.32 Å². The number of nitrogens with one attached hydrogen (secondary N) is 1. The largest absolute Gasteiger partial charge is 0.478 e. The zero-order valence-corrected chi connectivity index (χ0v) is 10.7. The van der Waals surface area contributed by atoms with Gasteiger partial charge in [0.2, 0.25) is 0 Å². The molecule has 86 valence electrons. The van der Waals surface area contributed by atoms with E-state index in [1.54, 1.807) is 6.07 Å². The molecule has 0 radical (unpaired) electrons. The Kier molecular flexibility index (Phi) is 2.93. The van der Waals surface area contributed by atoms with Crippen molar-refractivity contribution in [3.63, 3.8) is 0 Å². The topological polar surface area (TPSA) is 49.3 Å². The average molecular weight is 284 g/mol. The van der Waals surface area contributed by atoms with E-state index in [1.165, 1.54) is 6.42 Å². The van der Waals surface area contributed by atoms with Crippen molar-refractivity contribution in [3.8, 4) is 0 Å². The van der Waals surface area contributed by atoms with Gasteiger partial charge in [-0.15, -0.1) is 0 Å². The number of carboxylic acid groups (broad SMARTS) is 1. The predicted molar refractivity (Wildman–Crippen MR) is 67.0 cm³/mol. The Balaban J connectivity index is 2.32. The molecule has 2 rings (SSSR count). The molecular formula is C12H14BrNO2. The van der Waals surface area contributed by atoms with Crippen LogP contribution < -0.4 is 5.32 Å². The van der Waals surface area contributed by atoms with Crippen molar-refractivity contribution in [2.45, 2.75) is 31.7 Å². The van der Waals surface area contributed by atoms with Crippen LogP contribution in [0, 0.1) is 0 Å². The van der Waals surface area contributed by atoms with Gasteiger partial charge >= 0.3 is 5.97 Å². The molecule has 3 nitrogen and oxygen atoms in total. The number of aromatic carboxylic acids is 1. The second-order valence-corrected chi connectivity index (χ2v) is 5.36. The normalized spacial score (nSPS) is 17.6. The lowest BCUT2D eigenvalue weighted by Gasteiger charge is -2.40. The van der Waals surface area contributed by atoms with Gasteiger partial charge in [0, 0.05) is 10.0 Å². The lowest BCUT2D eigenvalue weighted by molar-refractivity contribution is 0.0696. The van der Waals surface area contributed by atoms with Crippen LogP contribution in [-0.2, 0) is 0 Å². The minimum absolute atomic E-state index is 0.0605. The summed E-state index contributed by atoms with van der Waals surface area (Å²) in [5, 5.41) is 12.5. The fourth-order valence-electron chi connectivity index (χ4n) is 2.00. The van der Waals surface area contributed by atoms with E-state index in [1.807, 2.05) is 12.1 Å². The summed E-state index contributed by atoms with van der Waals surface area (Å²) in [6.45, 7) is 2.13. The maximum absolute atomic E-state index is 11.2. The number of carboxylic acids is 1. The van der Waals surface area contributed by atoms with Crippen LogP contribution in [0.5, 0.6) is 0 Å². The third-order valence-electron chi connectivity index (χ3n) is 3.12. The maximum atomic E-state index is 11.2. The minimum atomic E-state index is -0.905. The van der Waals surface area contributed by atoms with Crippen molar-refractivity contribution in [2.24, 2.45) is 0 Å². The Bertz CT molecular complexity index is 427. The van der Waals surface area contributed by atoms with E-state index >= 15 is 0 Å². The fourth-order valence-corrected chi connectivity index (χ4v) is 2.54. The summed E-state index contributed by atoms with van der Waals surface area (Å²) >= 11 is 3.27. The van der Waals surface area contributed by atoms with Crippen LogP contribution in [0.25, 0.3) is 0 Å². The highest BCUT2D eigenvalue weighted by molar-refractivity contribution is 9.10. The Morgan fingerprint density at radius 2 is 2.19 bits per heavy atom. The first-order chi connectivity index (χ1) is 7.52. The highest BCUT2D eigenvalue weighted by Gasteiger charge is 2.32. The summed E-state index contributed by atoms with van der Waals surface area (Å²) in [5.41, 5.74) is 1.07. The Morgan fingerprint density at radius 1 is 1.50 bits per heavy atom. The molecule has 1 aromatic rings. The number of carbonyl (C=O) groups is 1. The summed E-state index contributed by atoms with van der Waals surface area (Å²) in [5.74, 6) is -0.905. The molecule has 2 N–H and O–H groups in total. The second-order valence-electron chi connectivity index (χ2n) is 4.51. The fraction of sp³-hybridized carbons (Fsp3) is 0.417. The molecule has 0 aliphatic heterocycles. The first kappa shape index (κ1) is 11.5. The molecule has 1 aliphatic carbocycles. The zero-order valence-electron chi connectivity index (χ0n) is 9.09. The highest BCUT2D eigenvalue weighted by atomic mass is 79.9. The van der Waals surface area contributed by atoms with E-state index in [0.717, 1.165) is 12.8 Å². The first-order valence-electron chi connectivity index (χ1n) is 5.32. The van der Waals surface area contributed by atoms with Crippen LogP contribution in [0.4, 0.5) is 5.69 Å². The van der Waals surface area contributed by atoms with Gasteiger partial charge < -0.3 is 10.4 Å². The van der Waals surface area contributed by atoms with Gasteiger partial charge in [-0.05, 0) is 54.2 Å². The number of hydrogen-bond donors (Lipinski definition) is 2.